The van der Waals surface area contributed by atoms with Crippen LogP contribution in [-0.4, -0.2) is 45.5 Å². The Morgan fingerprint density at radius 1 is 0.724 bits per heavy atom. The number of hydrogen-bond acceptors (Lipinski definition) is 4. The highest BCUT2D eigenvalue weighted by molar-refractivity contribution is 6.06. The monoisotopic (exact) mass is 402 g/mol. The lowest BCUT2D eigenvalue weighted by molar-refractivity contribution is -0.146. The molecular formula is C23H34N2O4. The van der Waals surface area contributed by atoms with Gasteiger partial charge < -0.3 is 0 Å². The number of carbonyl (C=O) groups excluding carboxylic acids is 4. The van der Waals surface area contributed by atoms with E-state index in [9.17, 15) is 19.2 Å². The van der Waals surface area contributed by atoms with Crippen molar-refractivity contribution in [1.82, 2.24) is 9.80 Å². The average Bonchev–Trinajstić information content (AvgIpc) is 3.11. The van der Waals surface area contributed by atoms with Crippen molar-refractivity contribution in [3.8, 4) is 0 Å². The first-order valence-corrected chi connectivity index (χ1v) is 11.4. The number of imide groups is 2. The van der Waals surface area contributed by atoms with Crippen molar-refractivity contribution >= 4 is 23.6 Å². The van der Waals surface area contributed by atoms with Crippen molar-refractivity contribution in [2.45, 2.75) is 78.2 Å². The van der Waals surface area contributed by atoms with Crippen LogP contribution in [0.4, 0.5) is 0 Å². The third-order valence-corrected chi connectivity index (χ3v) is 8.48. The van der Waals surface area contributed by atoms with Crippen LogP contribution in [0, 0.1) is 35.5 Å². The summed E-state index contributed by atoms with van der Waals surface area (Å²) in [7, 11) is 0. The van der Waals surface area contributed by atoms with Crippen LogP contribution in [0.3, 0.4) is 0 Å². The molecule has 6 heteroatoms. The standard InChI is InChI=1S/C23H34N2O4/c1-5-23(3,4)25-21(28)16-10-8-14(12-18(16)22(25)29)13-7-9-15-17(11-13)20(27)24(6-2)19(15)26/h13-18H,5-12H2,1-4H3. The van der Waals surface area contributed by atoms with Crippen LogP contribution in [0.1, 0.15) is 72.6 Å². The predicted octanol–water partition coefficient (Wildman–Crippen LogP) is 3.00. The molecule has 2 heterocycles. The molecule has 0 N–H and O–H groups in total. The lowest BCUT2D eigenvalue weighted by Crippen LogP contribution is -2.47. The molecule has 0 spiro atoms. The van der Waals surface area contributed by atoms with Crippen molar-refractivity contribution < 1.29 is 19.2 Å². The third-order valence-electron chi connectivity index (χ3n) is 8.48. The van der Waals surface area contributed by atoms with Gasteiger partial charge >= 0.3 is 0 Å². The molecular weight excluding hydrogens is 368 g/mol. The molecule has 29 heavy (non-hydrogen) atoms. The van der Waals surface area contributed by atoms with E-state index < -0.39 is 5.54 Å². The van der Waals surface area contributed by atoms with Crippen LogP contribution in [0.25, 0.3) is 0 Å². The fourth-order valence-electron chi connectivity index (χ4n) is 6.42. The summed E-state index contributed by atoms with van der Waals surface area (Å²) >= 11 is 0. The van der Waals surface area contributed by atoms with Gasteiger partial charge in [0.1, 0.15) is 0 Å². The average molecular weight is 403 g/mol. The van der Waals surface area contributed by atoms with Gasteiger partial charge in [0, 0.05) is 12.1 Å². The van der Waals surface area contributed by atoms with E-state index in [4.69, 9.17) is 0 Å². The topological polar surface area (TPSA) is 74.8 Å². The minimum Gasteiger partial charge on any atom is -0.282 e. The zero-order valence-corrected chi connectivity index (χ0v) is 18.1. The molecule has 0 bridgehead atoms. The second-order valence-electron chi connectivity index (χ2n) is 10.2. The van der Waals surface area contributed by atoms with Crippen molar-refractivity contribution in [3.05, 3.63) is 0 Å². The Bertz CT molecular complexity index is 745. The molecule has 4 fully saturated rings. The number of amides is 4. The molecule has 4 aliphatic rings. The minimum absolute atomic E-state index is 0.00359. The molecule has 6 nitrogen and oxygen atoms in total. The van der Waals surface area contributed by atoms with Gasteiger partial charge in [-0.05, 0) is 77.6 Å². The number of fused-ring (bicyclic) bond motifs is 2. The van der Waals surface area contributed by atoms with E-state index in [1.165, 1.54) is 4.90 Å². The normalized spacial score (nSPS) is 37.9. The molecule has 6 atom stereocenters. The first kappa shape index (κ1) is 20.5. The second kappa shape index (κ2) is 7.21. The summed E-state index contributed by atoms with van der Waals surface area (Å²) in [6.45, 7) is 8.28. The number of nitrogens with zero attached hydrogens (tertiary/aromatic N) is 2. The SMILES string of the molecule is CCN1C(=O)C2CCC(C3CCC4C(=O)N(C(C)(C)CC)C(=O)C4C3)CC2C1=O. The molecule has 0 aromatic carbocycles. The van der Waals surface area contributed by atoms with Gasteiger partial charge in [-0.25, -0.2) is 0 Å². The molecule has 2 saturated heterocycles. The first-order valence-electron chi connectivity index (χ1n) is 11.4. The van der Waals surface area contributed by atoms with Crippen LogP contribution in [0.2, 0.25) is 0 Å². The first-order chi connectivity index (χ1) is 13.7. The Labute approximate surface area is 173 Å². The highest BCUT2D eigenvalue weighted by atomic mass is 16.2. The van der Waals surface area contributed by atoms with Crippen LogP contribution < -0.4 is 0 Å². The molecule has 4 rings (SSSR count). The maximum absolute atomic E-state index is 13.1. The molecule has 0 aromatic heterocycles. The highest BCUT2D eigenvalue weighted by Crippen LogP contribution is 2.50. The van der Waals surface area contributed by atoms with Crippen LogP contribution in [0.15, 0.2) is 0 Å². The van der Waals surface area contributed by atoms with Gasteiger partial charge in [-0.15, -0.1) is 0 Å². The van der Waals surface area contributed by atoms with Gasteiger partial charge in [0.15, 0.2) is 0 Å². The highest BCUT2D eigenvalue weighted by Gasteiger charge is 2.56. The summed E-state index contributed by atoms with van der Waals surface area (Å²) in [5.41, 5.74) is -0.431. The Balaban J connectivity index is 1.47. The Morgan fingerprint density at radius 2 is 1.17 bits per heavy atom. The smallest absolute Gasteiger partial charge is 0.233 e. The quantitative estimate of drug-likeness (QED) is 0.678. The molecule has 160 valence electrons. The lowest BCUT2D eigenvalue weighted by Gasteiger charge is -2.38. The summed E-state index contributed by atoms with van der Waals surface area (Å²) in [5.74, 6) is 0.130. The maximum Gasteiger partial charge on any atom is 0.233 e. The van der Waals surface area contributed by atoms with Crippen molar-refractivity contribution in [2.24, 2.45) is 35.5 Å². The van der Waals surface area contributed by atoms with Crippen LogP contribution >= 0.6 is 0 Å². The molecule has 2 saturated carbocycles. The van der Waals surface area contributed by atoms with Gasteiger partial charge in [-0.2, -0.15) is 0 Å². The van der Waals surface area contributed by atoms with Crippen molar-refractivity contribution in [3.63, 3.8) is 0 Å². The molecule has 0 aromatic rings. The summed E-state index contributed by atoms with van der Waals surface area (Å²) < 4.78 is 0. The Kier molecular flexibility index (Phi) is 5.11. The summed E-state index contributed by atoms with van der Waals surface area (Å²) in [4.78, 5) is 54.2. The van der Waals surface area contributed by atoms with E-state index in [0.717, 1.165) is 44.9 Å². The van der Waals surface area contributed by atoms with E-state index in [-0.39, 0.29) is 47.3 Å². The van der Waals surface area contributed by atoms with Gasteiger partial charge in [-0.1, -0.05) is 6.92 Å². The van der Waals surface area contributed by atoms with Crippen LogP contribution in [0.5, 0.6) is 0 Å². The van der Waals surface area contributed by atoms with Crippen molar-refractivity contribution in [2.75, 3.05) is 6.54 Å². The second-order valence-corrected chi connectivity index (χ2v) is 10.2. The van der Waals surface area contributed by atoms with Gasteiger partial charge in [0.2, 0.25) is 23.6 Å². The lowest BCUT2D eigenvalue weighted by atomic mass is 9.64. The van der Waals surface area contributed by atoms with E-state index in [1.54, 1.807) is 4.90 Å². The molecule has 2 aliphatic heterocycles. The number of rotatable bonds is 4. The fourth-order valence-corrected chi connectivity index (χ4v) is 6.42. The zero-order chi connectivity index (χ0) is 21.1. The van der Waals surface area contributed by atoms with E-state index >= 15 is 0 Å². The maximum atomic E-state index is 13.1. The predicted molar refractivity (Wildman–Crippen MR) is 107 cm³/mol. The summed E-state index contributed by atoms with van der Waals surface area (Å²) in [5, 5.41) is 0. The molecule has 4 amide bonds. The van der Waals surface area contributed by atoms with Gasteiger partial charge in [-0.3, -0.25) is 29.0 Å². The van der Waals surface area contributed by atoms with Gasteiger partial charge in [0.05, 0.1) is 23.7 Å². The summed E-state index contributed by atoms with van der Waals surface area (Å²) in [6.07, 6.45) is 5.72. The van der Waals surface area contributed by atoms with Crippen molar-refractivity contribution in [1.29, 1.82) is 0 Å². The number of hydrogen-bond donors (Lipinski definition) is 0. The van der Waals surface area contributed by atoms with E-state index in [0.29, 0.717) is 18.4 Å². The van der Waals surface area contributed by atoms with Gasteiger partial charge in [0.25, 0.3) is 0 Å². The number of carbonyl (C=O) groups is 4. The fraction of sp³-hybridized carbons (Fsp3) is 0.826. The molecule has 0 radical (unpaired) electrons. The summed E-state index contributed by atoms with van der Waals surface area (Å²) in [6, 6.07) is 0. The molecule has 6 unspecified atom stereocenters. The van der Waals surface area contributed by atoms with E-state index in [2.05, 4.69) is 0 Å². The molecule has 2 aliphatic carbocycles. The zero-order valence-electron chi connectivity index (χ0n) is 18.1. The minimum atomic E-state index is -0.431. The third kappa shape index (κ3) is 3.05. The van der Waals surface area contributed by atoms with Crippen LogP contribution in [-0.2, 0) is 19.2 Å². The Morgan fingerprint density at radius 3 is 1.69 bits per heavy atom. The largest absolute Gasteiger partial charge is 0.282 e. The van der Waals surface area contributed by atoms with E-state index in [1.807, 2.05) is 27.7 Å². The number of likely N-dealkylation sites (tertiary alicyclic amines) is 2. The Hall–Kier alpha value is -1.72.